The van der Waals surface area contributed by atoms with Crippen LogP contribution in [0.5, 0.6) is 0 Å². The number of hydrogen-bond acceptors (Lipinski definition) is 3. The molecule has 0 radical (unpaired) electrons. The zero-order valence-corrected chi connectivity index (χ0v) is 16.1. The molecule has 2 amide bonds. The van der Waals surface area contributed by atoms with Gasteiger partial charge in [-0.25, -0.2) is 0 Å². The summed E-state index contributed by atoms with van der Waals surface area (Å²) in [7, 11) is 0. The van der Waals surface area contributed by atoms with Gasteiger partial charge in [0.1, 0.15) is 6.04 Å². The van der Waals surface area contributed by atoms with Crippen LogP contribution >= 0.6 is 12.4 Å². The van der Waals surface area contributed by atoms with Gasteiger partial charge in [0, 0.05) is 12.6 Å². The first-order valence-electron chi connectivity index (χ1n) is 8.76. The highest BCUT2D eigenvalue weighted by Gasteiger charge is 2.36. The largest absolute Gasteiger partial charge is 0.344 e. The number of benzene rings is 1. The van der Waals surface area contributed by atoms with E-state index in [1.165, 1.54) is 0 Å². The molecule has 1 fully saturated rings. The molecule has 1 aliphatic heterocycles. The Morgan fingerprint density at radius 3 is 2.44 bits per heavy atom. The first kappa shape index (κ1) is 21.5. The third-order valence-corrected chi connectivity index (χ3v) is 4.73. The standard InChI is InChI=1S/C19H29N3O2.ClH/c1-13(2)18(19(24)22-12-16(11-20)9-14(22)3)21-17(23)10-15-7-5-4-6-8-15;/h4-8,13-14,16,18H,9-12,20H2,1-3H3,(H,21,23);1H. The second kappa shape index (κ2) is 9.78. The summed E-state index contributed by atoms with van der Waals surface area (Å²) in [6, 6.07) is 9.27. The number of amides is 2. The van der Waals surface area contributed by atoms with E-state index in [4.69, 9.17) is 5.73 Å². The molecule has 0 saturated carbocycles. The molecule has 3 N–H and O–H groups in total. The van der Waals surface area contributed by atoms with E-state index in [0.717, 1.165) is 12.0 Å². The van der Waals surface area contributed by atoms with Crippen molar-refractivity contribution in [3.05, 3.63) is 35.9 Å². The van der Waals surface area contributed by atoms with Crippen molar-refractivity contribution in [2.45, 2.75) is 45.7 Å². The molecule has 25 heavy (non-hydrogen) atoms. The molecular formula is C19H30ClN3O2. The molecule has 1 saturated heterocycles. The fraction of sp³-hybridized carbons (Fsp3) is 0.579. The Morgan fingerprint density at radius 2 is 1.92 bits per heavy atom. The van der Waals surface area contributed by atoms with E-state index < -0.39 is 6.04 Å². The van der Waals surface area contributed by atoms with Gasteiger partial charge in [-0.05, 0) is 37.3 Å². The highest BCUT2D eigenvalue weighted by molar-refractivity contribution is 5.89. The lowest BCUT2D eigenvalue weighted by Crippen LogP contribution is -2.52. The highest BCUT2D eigenvalue weighted by Crippen LogP contribution is 2.24. The lowest BCUT2D eigenvalue weighted by atomic mass is 10.0. The summed E-state index contributed by atoms with van der Waals surface area (Å²) in [5.74, 6) is 0.295. The Bertz CT molecular complexity index is 565. The van der Waals surface area contributed by atoms with Crippen molar-refractivity contribution in [2.75, 3.05) is 13.1 Å². The van der Waals surface area contributed by atoms with E-state index in [9.17, 15) is 9.59 Å². The normalized spacial score (nSPS) is 20.9. The third kappa shape index (κ3) is 5.72. The molecule has 1 aliphatic rings. The molecule has 3 atom stereocenters. The average Bonchev–Trinajstić information content (AvgIpc) is 2.93. The lowest BCUT2D eigenvalue weighted by Gasteiger charge is -2.29. The van der Waals surface area contributed by atoms with Gasteiger partial charge in [-0.2, -0.15) is 0 Å². The quantitative estimate of drug-likeness (QED) is 0.807. The van der Waals surface area contributed by atoms with Crippen LogP contribution in [0.2, 0.25) is 0 Å². The van der Waals surface area contributed by atoms with Crippen molar-refractivity contribution >= 4 is 24.2 Å². The van der Waals surface area contributed by atoms with Crippen molar-refractivity contribution in [2.24, 2.45) is 17.6 Å². The zero-order chi connectivity index (χ0) is 17.7. The molecule has 6 heteroatoms. The van der Waals surface area contributed by atoms with Crippen LogP contribution in [-0.4, -0.2) is 41.9 Å². The maximum absolute atomic E-state index is 12.9. The van der Waals surface area contributed by atoms with Gasteiger partial charge in [0.2, 0.25) is 11.8 Å². The number of halogens is 1. The number of hydrogen-bond donors (Lipinski definition) is 2. The second-order valence-corrected chi connectivity index (χ2v) is 7.13. The van der Waals surface area contributed by atoms with Crippen LogP contribution in [0.15, 0.2) is 30.3 Å². The molecule has 0 aliphatic carbocycles. The Labute approximate surface area is 156 Å². The Kier molecular flexibility index (Phi) is 8.39. The SMILES string of the molecule is CC(C)C(NC(=O)Cc1ccccc1)C(=O)N1CC(CN)CC1C.Cl. The fourth-order valence-electron chi connectivity index (χ4n) is 3.32. The summed E-state index contributed by atoms with van der Waals surface area (Å²) in [4.78, 5) is 27.1. The topological polar surface area (TPSA) is 75.4 Å². The zero-order valence-electron chi connectivity index (χ0n) is 15.3. The van der Waals surface area contributed by atoms with Crippen molar-refractivity contribution in [1.29, 1.82) is 0 Å². The van der Waals surface area contributed by atoms with E-state index in [1.807, 2.05) is 49.1 Å². The number of nitrogens with zero attached hydrogens (tertiary/aromatic N) is 1. The first-order valence-corrected chi connectivity index (χ1v) is 8.76. The molecule has 5 nitrogen and oxygen atoms in total. The van der Waals surface area contributed by atoms with Crippen molar-refractivity contribution < 1.29 is 9.59 Å². The lowest BCUT2D eigenvalue weighted by molar-refractivity contribution is -0.138. The minimum atomic E-state index is -0.486. The fourth-order valence-corrected chi connectivity index (χ4v) is 3.32. The van der Waals surface area contributed by atoms with Gasteiger partial charge in [0.05, 0.1) is 6.42 Å². The molecule has 0 bridgehead atoms. The molecule has 3 unspecified atom stereocenters. The van der Waals surface area contributed by atoms with E-state index in [-0.39, 0.29) is 42.6 Å². The summed E-state index contributed by atoms with van der Waals surface area (Å²) >= 11 is 0. The highest BCUT2D eigenvalue weighted by atomic mass is 35.5. The number of nitrogens with two attached hydrogens (primary N) is 1. The summed E-state index contributed by atoms with van der Waals surface area (Å²) in [6.07, 6.45) is 1.23. The number of rotatable bonds is 6. The van der Waals surface area contributed by atoms with Gasteiger partial charge in [0.15, 0.2) is 0 Å². The summed E-state index contributed by atoms with van der Waals surface area (Å²) in [5.41, 5.74) is 6.70. The minimum absolute atomic E-state index is 0. The monoisotopic (exact) mass is 367 g/mol. The van der Waals surface area contributed by atoms with E-state index in [1.54, 1.807) is 0 Å². The Morgan fingerprint density at radius 1 is 1.28 bits per heavy atom. The summed E-state index contributed by atoms with van der Waals surface area (Å²) in [5, 5.41) is 2.93. The van der Waals surface area contributed by atoms with Crippen LogP contribution < -0.4 is 11.1 Å². The summed E-state index contributed by atoms with van der Waals surface area (Å²) in [6.45, 7) is 7.27. The molecular weight excluding hydrogens is 338 g/mol. The molecule has 0 spiro atoms. The average molecular weight is 368 g/mol. The van der Waals surface area contributed by atoms with Gasteiger partial charge in [0.25, 0.3) is 0 Å². The van der Waals surface area contributed by atoms with Gasteiger partial charge in [-0.15, -0.1) is 12.4 Å². The smallest absolute Gasteiger partial charge is 0.245 e. The number of carbonyl (C=O) groups is 2. The van der Waals surface area contributed by atoms with Crippen molar-refractivity contribution in [3.63, 3.8) is 0 Å². The number of nitrogens with one attached hydrogen (secondary N) is 1. The molecule has 1 aromatic rings. The van der Waals surface area contributed by atoms with Crippen LogP contribution in [0.4, 0.5) is 0 Å². The molecule has 1 aromatic carbocycles. The Balaban J connectivity index is 0.00000312. The van der Waals surface area contributed by atoms with Crippen LogP contribution in [0, 0.1) is 11.8 Å². The van der Waals surface area contributed by atoms with Crippen molar-refractivity contribution in [1.82, 2.24) is 10.2 Å². The minimum Gasteiger partial charge on any atom is -0.344 e. The van der Waals surface area contributed by atoms with Crippen molar-refractivity contribution in [3.8, 4) is 0 Å². The van der Waals surface area contributed by atoms with E-state index >= 15 is 0 Å². The summed E-state index contributed by atoms with van der Waals surface area (Å²) < 4.78 is 0. The molecule has 1 heterocycles. The first-order chi connectivity index (χ1) is 11.4. The van der Waals surface area contributed by atoms with Crippen LogP contribution in [0.25, 0.3) is 0 Å². The third-order valence-electron chi connectivity index (χ3n) is 4.73. The second-order valence-electron chi connectivity index (χ2n) is 7.13. The van der Waals surface area contributed by atoms with Gasteiger partial charge >= 0.3 is 0 Å². The predicted octanol–water partition coefficient (Wildman–Crippen LogP) is 1.99. The van der Waals surface area contributed by atoms with E-state index in [0.29, 0.717) is 19.0 Å². The van der Waals surface area contributed by atoms with Crippen LogP contribution in [0.3, 0.4) is 0 Å². The molecule has 0 aromatic heterocycles. The van der Waals surface area contributed by atoms with Crippen LogP contribution in [-0.2, 0) is 16.0 Å². The maximum Gasteiger partial charge on any atom is 0.245 e. The van der Waals surface area contributed by atoms with E-state index in [2.05, 4.69) is 12.2 Å². The van der Waals surface area contributed by atoms with Gasteiger partial charge in [-0.3, -0.25) is 9.59 Å². The van der Waals surface area contributed by atoms with Gasteiger partial charge in [-0.1, -0.05) is 44.2 Å². The number of carbonyl (C=O) groups excluding carboxylic acids is 2. The molecule has 140 valence electrons. The number of likely N-dealkylation sites (tertiary alicyclic amines) is 1. The maximum atomic E-state index is 12.9. The predicted molar refractivity (Wildman–Crippen MR) is 102 cm³/mol. The van der Waals surface area contributed by atoms with Crippen LogP contribution in [0.1, 0.15) is 32.8 Å². The molecule has 2 rings (SSSR count). The van der Waals surface area contributed by atoms with Gasteiger partial charge < -0.3 is 16.0 Å². The Hall–Kier alpha value is -1.59.